The van der Waals surface area contributed by atoms with E-state index in [0.717, 1.165) is 22.4 Å². The smallest absolute Gasteiger partial charge is 0.332 e. The summed E-state index contributed by atoms with van der Waals surface area (Å²) in [5.41, 5.74) is 10.9. The molecular weight excluding hydrogens is 472 g/mol. The Bertz CT molecular complexity index is 1200. The van der Waals surface area contributed by atoms with Gasteiger partial charge in [-0.25, -0.2) is 10.2 Å². The van der Waals surface area contributed by atoms with E-state index < -0.39 is 24.2 Å². The van der Waals surface area contributed by atoms with E-state index in [1.807, 2.05) is 55.5 Å². The SMILES string of the molecule is CC[C@@H](/C=N\NC(N)=O)NC(=O)[C@@H]1Cc2cccc3c2N1C(=O)[C@@H](NC(=O)CCc1ccccc1)CC3. The topological polar surface area (TPSA) is 146 Å². The van der Waals surface area contributed by atoms with E-state index in [-0.39, 0.29) is 24.1 Å². The number of nitrogens with one attached hydrogen (secondary N) is 3. The maximum atomic E-state index is 13.7. The van der Waals surface area contributed by atoms with Gasteiger partial charge in [-0.15, -0.1) is 0 Å². The standard InChI is InChI=1S/C27H32N6O4/c1-2-20(16-29-32-27(28)37)30-25(35)22-15-19-10-6-9-18-12-13-21(26(36)33(22)24(18)19)31-23(34)14-11-17-7-4-3-5-8-17/h3-10,16,20-22H,2,11-15H2,1H3,(H,30,35)(H,31,34)(H3,28,32,37)/b29-16-/t20-,21-,22-/m0/s1. The second-order valence-corrected chi connectivity index (χ2v) is 9.27. The van der Waals surface area contributed by atoms with E-state index in [4.69, 9.17) is 5.73 Å². The van der Waals surface area contributed by atoms with Crippen LogP contribution in [0.15, 0.2) is 53.6 Å². The minimum Gasteiger partial charge on any atom is -0.350 e. The Labute approximate surface area is 215 Å². The van der Waals surface area contributed by atoms with Crippen LogP contribution in [0, 0.1) is 0 Å². The summed E-state index contributed by atoms with van der Waals surface area (Å²) in [6.45, 7) is 1.86. The van der Waals surface area contributed by atoms with Crippen molar-refractivity contribution in [3.8, 4) is 0 Å². The summed E-state index contributed by atoms with van der Waals surface area (Å²) in [7, 11) is 0. The quantitative estimate of drug-likeness (QED) is 0.303. The molecule has 2 aromatic rings. The zero-order valence-electron chi connectivity index (χ0n) is 20.8. The molecule has 0 saturated heterocycles. The zero-order valence-corrected chi connectivity index (χ0v) is 20.8. The van der Waals surface area contributed by atoms with Crippen LogP contribution in [-0.2, 0) is 33.6 Å². The molecule has 0 radical (unpaired) electrons. The normalized spacial score (nSPS) is 19.2. The van der Waals surface area contributed by atoms with Crippen LogP contribution < -0.4 is 26.7 Å². The third kappa shape index (κ3) is 6.14. The number of carbonyl (C=O) groups is 4. The van der Waals surface area contributed by atoms with E-state index in [2.05, 4.69) is 21.2 Å². The number of benzene rings is 2. The molecule has 5 amide bonds. The van der Waals surface area contributed by atoms with Crippen molar-refractivity contribution in [2.45, 2.75) is 63.6 Å². The number of carbonyl (C=O) groups excluding carboxylic acids is 4. The van der Waals surface area contributed by atoms with Crippen LogP contribution in [0.2, 0.25) is 0 Å². The first-order valence-corrected chi connectivity index (χ1v) is 12.5. The van der Waals surface area contributed by atoms with Gasteiger partial charge in [0.25, 0.3) is 0 Å². The highest BCUT2D eigenvalue weighted by Gasteiger charge is 2.44. The molecule has 37 heavy (non-hydrogen) atoms. The molecule has 3 atom stereocenters. The molecule has 10 heteroatoms. The maximum Gasteiger partial charge on any atom is 0.332 e. The molecule has 194 valence electrons. The van der Waals surface area contributed by atoms with Gasteiger partial charge in [-0.2, -0.15) is 5.10 Å². The van der Waals surface area contributed by atoms with Crippen LogP contribution in [-0.4, -0.2) is 48.1 Å². The molecule has 0 aliphatic carbocycles. The van der Waals surface area contributed by atoms with Crippen LogP contribution >= 0.6 is 0 Å². The Hall–Kier alpha value is -4.21. The molecule has 10 nitrogen and oxygen atoms in total. The van der Waals surface area contributed by atoms with Crippen molar-refractivity contribution in [3.05, 3.63) is 65.2 Å². The van der Waals surface area contributed by atoms with E-state index in [9.17, 15) is 19.2 Å². The molecular formula is C27H32N6O4. The van der Waals surface area contributed by atoms with Crippen molar-refractivity contribution in [3.63, 3.8) is 0 Å². The maximum absolute atomic E-state index is 13.7. The number of nitrogens with zero attached hydrogens (tertiary/aromatic N) is 2. The molecule has 0 aromatic heterocycles. The number of primary amides is 1. The Morgan fingerprint density at radius 1 is 1.14 bits per heavy atom. The van der Waals surface area contributed by atoms with Gasteiger partial charge in [0.2, 0.25) is 17.7 Å². The fourth-order valence-corrected chi connectivity index (χ4v) is 4.86. The van der Waals surface area contributed by atoms with Crippen molar-refractivity contribution >= 4 is 35.7 Å². The summed E-state index contributed by atoms with van der Waals surface area (Å²) < 4.78 is 0. The minimum absolute atomic E-state index is 0.196. The lowest BCUT2D eigenvalue weighted by molar-refractivity contribution is -0.129. The highest BCUT2D eigenvalue weighted by Crippen LogP contribution is 2.39. The van der Waals surface area contributed by atoms with Crippen molar-refractivity contribution in [1.29, 1.82) is 0 Å². The van der Waals surface area contributed by atoms with Crippen molar-refractivity contribution in [2.24, 2.45) is 10.8 Å². The molecule has 0 saturated carbocycles. The lowest BCUT2D eigenvalue weighted by atomic mass is 10.0. The molecule has 5 N–H and O–H groups in total. The first-order valence-electron chi connectivity index (χ1n) is 12.5. The molecule has 4 rings (SSSR count). The number of aryl methyl sites for hydroxylation is 2. The van der Waals surface area contributed by atoms with Crippen molar-refractivity contribution in [2.75, 3.05) is 4.90 Å². The number of hydrazone groups is 1. The number of anilines is 1. The second-order valence-electron chi connectivity index (χ2n) is 9.27. The van der Waals surface area contributed by atoms with Gasteiger partial charge in [-0.1, -0.05) is 55.5 Å². The Morgan fingerprint density at radius 3 is 2.62 bits per heavy atom. The van der Waals surface area contributed by atoms with Gasteiger partial charge in [0.05, 0.1) is 11.7 Å². The summed E-state index contributed by atoms with van der Waals surface area (Å²) >= 11 is 0. The van der Waals surface area contributed by atoms with Gasteiger partial charge in [0.1, 0.15) is 12.1 Å². The molecule has 2 aromatic carbocycles. The number of rotatable bonds is 9. The van der Waals surface area contributed by atoms with E-state index >= 15 is 0 Å². The number of para-hydroxylation sites is 1. The molecule has 2 aliphatic rings. The van der Waals surface area contributed by atoms with Crippen molar-refractivity contribution < 1.29 is 19.2 Å². The lowest BCUT2D eigenvalue weighted by Gasteiger charge is -2.28. The average molecular weight is 505 g/mol. The summed E-state index contributed by atoms with van der Waals surface area (Å²) in [5, 5.41) is 9.56. The van der Waals surface area contributed by atoms with E-state index in [0.29, 0.717) is 32.1 Å². The monoisotopic (exact) mass is 504 g/mol. The van der Waals surface area contributed by atoms with Crippen LogP contribution in [0.4, 0.5) is 10.5 Å². The third-order valence-electron chi connectivity index (χ3n) is 6.72. The average Bonchev–Trinajstić information content (AvgIpc) is 3.23. The first-order chi connectivity index (χ1) is 17.9. The number of hydrogen-bond donors (Lipinski definition) is 4. The third-order valence-corrected chi connectivity index (χ3v) is 6.72. The highest BCUT2D eigenvalue weighted by molar-refractivity contribution is 6.08. The summed E-state index contributed by atoms with van der Waals surface area (Å²) in [6.07, 6.45) is 4.23. The minimum atomic E-state index is -0.803. The largest absolute Gasteiger partial charge is 0.350 e. The summed E-state index contributed by atoms with van der Waals surface area (Å²) in [6, 6.07) is 12.8. The molecule has 2 heterocycles. The molecule has 0 unspecified atom stereocenters. The van der Waals surface area contributed by atoms with E-state index in [1.165, 1.54) is 6.21 Å². The number of amides is 5. The summed E-state index contributed by atoms with van der Waals surface area (Å²) in [5.74, 6) is -0.809. The van der Waals surface area contributed by atoms with E-state index in [1.54, 1.807) is 4.90 Å². The summed E-state index contributed by atoms with van der Waals surface area (Å²) in [4.78, 5) is 52.3. The second kappa shape index (κ2) is 11.7. The highest BCUT2D eigenvalue weighted by atomic mass is 16.2. The molecule has 0 spiro atoms. The van der Waals surface area contributed by atoms with Gasteiger partial charge in [0.15, 0.2) is 0 Å². The Morgan fingerprint density at radius 2 is 1.89 bits per heavy atom. The van der Waals surface area contributed by atoms with Crippen LogP contribution in [0.3, 0.4) is 0 Å². The van der Waals surface area contributed by atoms with Gasteiger partial charge in [0, 0.05) is 19.1 Å². The van der Waals surface area contributed by atoms with Crippen LogP contribution in [0.5, 0.6) is 0 Å². The number of urea groups is 1. The van der Waals surface area contributed by atoms with Crippen LogP contribution in [0.1, 0.15) is 42.9 Å². The van der Waals surface area contributed by atoms with Crippen molar-refractivity contribution in [1.82, 2.24) is 16.1 Å². The predicted octanol–water partition coefficient (Wildman–Crippen LogP) is 1.56. The molecule has 0 bridgehead atoms. The van der Waals surface area contributed by atoms with Gasteiger partial charge >= 0.3 is 6.03 Å². The Balaban J connectivity index is 1.48. The van der Waals surface area contributed by atoms with Gasteiger partial charge < -0.3 is 16.4 Å². The first kappa shape index (κ1) is 25.9. The number of nitrogens with two attached hydrogens (primary N) is 1. The fourth-order valence-electron chi connectivity index (χ4n) is 4.86. The molecule has 2 aliphatic heterocycles. The number of hydrogen-bond acceptors (Lipinski definition) is 5. The Kier molecular flexibility index (Phi) is 8.17. The molecule has 0 fully saturated rings. The van der Waals surface area contributed by atoms with Crippen LogP contribution in [0.25, 0.3) is 0 Å². The van der Waals surface area contributed by atoms with Gasteiger partial charge in [-0.05, 0) is 42.4 Å². The lowest BCUT2D eigenvalue weighted by Crippen LogP contribution is -2.55. The predicted molar refractivity (Wildman–Crippen MR) is 140 cm³/mol. The fraction of sp³-hybridized carbons (Fsp3) is 0.370. The zero-order chi connectivity index (χ0) is 26.4. The van der Waals surface area contributed by atoms with Gasteiger partial charge in [-0.3, -0.25) is 19.3 Å².